The van der Waals surface area contributed by atoms with E-state index in [4.69, 9.17) is 10.5 Å². The van der Waals surface area contributed by atoms with Gasteiger partial charge in [0.2, 0.25) is 0 Å². The molecule has 0 saturated heterocycles. The molecule has 5 heteroatoms. The third-order valence-electron chi connectivity index (χ3n) is 2.97. The van der Waals surface area contributed by atoms with E-state index >= 15 is 0 Å². The van der Waals surface area contributed by atoms with Crippen molar-refractivity contribution >= 4 is 17.3 Å². The average molecular weight is 265 g/mol. The molecule has 106 valence electrons. The van der Waals surface area contributed by atoms with Crippen molar-refractivity contribution in [3.8, 4) is 0 Å². The molecule has 2 N–H and O–H groups in total. The zero-order chi connectivity index (χ0) is 14.4. The highest BCUT2D eigenvalue weighted by Crippen LogP contribution is 2.25. The summed E-state index contributed by atoms with van der Waals surface area (Å²) in [4.78, 5) is 15.6. The Kier molecular flexibility index (Phi) is 5.63. The number of benzene rings is 1. The molecule has 19 heavy (non-hydrogen) atoms. The Morgan fingerprint density at radius 1 is 1.37 bits per heavy atom. The summed E-state index contributed by atoms with van der Waals surface area (Å²) in [5, 5.41) is 0. The zero-order valence-electron chi connectivity index (χ0n) is 12.1. The fourth-order valence-corrected chi connectivity index (χ4v) is 1.86. The summed E-state index contributed by atoms with van der Waals surface area (Å²) in [6, 6.07) is 5.38. The molecule has 0 aliphatic heterocycles. The van der Waals surface area contributed by atoms with Crippen LogP contribution in [-0.2, 0) is 4.74 Å². The second-order valence-corrected chi connectivity index (χ2v) is 4.55. The van der Waals surface area contributed by atoms with Crippen molar-refractivity contribution < 1.29 is 9.53 Å². The third-order valence-corrected chi connectivity index (χ3v) is 2.97. The summed E-state index contributed by atoms with van der Waals surface area (Å²) in [6.07, 6.45) is 0. The maximum absolute atomic E-state index is 12.0. The zero-order valence-corrected chi connectivity index (χ0v) is 12.1. The van der Waals surface area contributed by atoms with Crippen LogP contribution in [0.15, 0.2) is 18.2 Å². The molecule has 1 aromatic rings. The van der Waals surface area contributed by atoms with E-state index in [1.54, 1.807) is 38.2 Å². The predicted octanol–water partition coefficient (Wildman–Crippen LogP) is 1.44. The molecule has 1 amide bonds. The van der Waals surface area contributed by atoms with Crippen molar-refractivity contribution in [2.24, 2.45) is 0 Å². The van der Waals surface area contributed by atoms with Crippen LogP contribution < -0.4 is 10.6 Å². The number of hydrogen-bond donors (Lipinski definition) is 1. The number of amides is 1. The van der Waals surface area contributed by atoms with Gasteiger partial charge in [0, 0.05) is 39.9 Å². The Bertz CT molecular complexity index is 433. The number of likely N-dealkylation sites (N-methyl/N-ethyl adjacent to an activating group) is 1. The molecule has 0 aromatic heterocycles. The van der Waals surface area contributed by atoms with Gasteiger partial charge in [-0.2, -0.15) is 0 Å². The molecule has 0 unspecified atom stereocenters. The Hall–Kier alpha value is -1.75. The molecule has 0 heterocycles. The minimum absolute atomic E-state index is 0.0240. The van der Waals surface area contributed by atoms with Crippen molar-refractivity contribution in [1.29, 1.82) is 0 Å². The normalized spacial score (nSPS) is 10.3. The van der Waals surface area contributed by atoms with Crippen LogP contribution in [0.5, 0.6) is 0 Å². The molecule has 0 aliphatic rings. The van der Waals surface area contributed by atoms with Gasteiger partial charge in [-0.15, -0.1) is 0 Å². The second-order valence-electron chi connectivity index (χ2n) is 4.55. The topological polar surface area (TPSA) is 58.8 Å². The van der Waals surface area contributed by atoms with E-state index in [1.807, 2.05) is 6.07 Å². The van der Waals surface area contributed by atoms with E-state index in [0.29, 0.717) is 17.9 Å². The van der Waals surface area contributed by atoms with Crippen LogP contribution in [0, 0.1) is 0 Å². The minimum atomic E-state index is -0.0240. The van der Waals surface area contributed by atoms with Gasteiger partial charge in [-0.3, -0.25) is 4.79 Å². The summed E-state index contributed by atoms with van der Waals surface area (Å²) < 4.78 is 5.09. The van der Waals surface area contributed by atoms with Gasteiger partial charge in [0.1, 0.15) is 0 Å². The molecule has 0 saturated carbocycles. The van der Waals surface area contributed by atoms with Crippen LogP contribution in [0.3, 0.4) is 0 Å². The van der Waals surface area contributed by atoms with Gasteiger partial charge in [0.25, 0.3) is 5.91 Å². The van der Waals surface area contributed by atoms with E-state index in [1.165, 1.54) is 0 Å². The molecule has 1 aromatic carbocycles. The molecular formula is C14H23N3O2. The van der Waals surface area contributed by atoms with Crippen LogP contribution in [0.25, 0.3) is 0 Å². The molecule has 0 aliphatic carbocycles. The highest BCUT2D eigenvalue weighted by Gasteiger charge is 2.13. The lowest BCUT2D eigenvalue weighted by atomic mass is 10.1. The van der Waals surface area contributed by atoms with Gasteiger partial charge in [0.05, 0.1) is 18.0 Å². The highest BCUT2D eigenvalue weighted by atomic mass is 16.5. The molecular weight excluding hydrogens is 242 g/mol. The summed E-state index contributed by atoms with van der Waals surface area (Å²) in [6.45, 7) is 4.23. The van der Waals surface area contributed by atoms with Gasteiger partial charge in [-0.25, -0.2) is 0 Å². The fourth-order valence-electron chi connectivity index (χ4n) is 1.86. The Labute approximate surface area is 114 Å². The lowest BCUT2D eigenvalue weighted by Crippen LogP contribution is -2.28. The standard InChI is InChI=1S/C14H23N3O2/c1-5-17(8-9-19-4)13-10-11(6-7-12(13)15)14(18)16(2)3/h6-7,10H,5,8-9,15H2,1-4H3. The Balaban J connectivity index is 3.04. The van der Waals surface area contributed by atoms with Crippen LogP contribution in [0.1, 0.15) is 17.3 Å². The van der Waals surface area contributed by atoms with E-state index < -0.39 is 0 Å². The van der Waals surface area contributed by atoms with Gasteiger partial charge in [0.15, 0.2) is 0 Å². The number of carbonyl (C=O) groups is 1. The van der Waals surface area contributed by atoms with Crippen molar-refractivity contribution in [3.05, 3.63) is 23.8 Å². The summed E-state index contributed by atoms with van der Waals surface area (Å²) >= 11 is 0. The van der Waals surface area contributed by atoms with E-state index in [0.717, 1.165) is 18.8 Å². The lowest BCUT2D eigenvalue weighted by molar-refractivity contribution is 0.0827. The maximum Gasteiger partial charge on any atom is 0.253 e. The first kappa shape index (κ1) is 15.3. The third kappa shape index (κ3) is 3.86. The number of nitrogens with zero attached hydrogens (tertiary/aromatic N) is 2. The molecule has 0 fully saturated rings. The molecule has 1 rings (SSSR count). The Morgan fingerprint density at radius 3 is 2.58 bits per heavy atom. The van der Waals surface area contributed by atoms with Crippen LogP contribution in [0.2, 0.25) is 0 Å². The molecule has 0 atom stereocenters. The Morgan fingerprint density at radius 2 is 2.05 bits per heavy atom. The first-order valence-corrected chi connectivity index (χ1v) is 6.36. The molecule has 0 spiro atoms. The minimum Gasteiger partial charge on any atom is -0.397 e. The van der Waals surface area contributed by atoms with E-state index in [-0.39, 0.29) is 5.91 Å². The van der Waals surface area contributed by atoms with Crippen molar-refractivity contribution in [1.82, 2.24) is 4.90 Å². The quantitative estimate of drug-likeness (QED) is 0.791. The second kappa shape index (κ2) is 6.99. The average Bonchev–Trinajstić information content (AvgIpc) is 2.40. The van der Waals surface area contributed by atoms with Gasteiger partial charge in [-0.05, 0) is 25.1 Å². The van der Waals surface area contributed by atoms with Gasteiger partial charge in [-0.1, -0.05) is 0 Å². The molecule has 5 nitrogen and oxygen atoms in total. The smallest absolute Gasteiger partial charge is 0.253 e. The van der Waals surface area contributed by atoms with E-state index in [9.17, 15) is 4.79 Å². The number of methoxy groups -OCH3 is 1. The van der Waals surface area contributed by atoms with Crippen molar-refractivity contribution in [2.45, 2.75) is 6.92 Å². The van der Waals surface area contributed by atoms with Gasteiger partial charge >= 0.3 is 0 Å². The van der Waals surface area contributed by atoms with Crippen LogP contribution in [0.4, 0.5) is 11.4 Å². The SMILES string of the molecule is CCN(CCOC)c1cc(C(=O)N(C)C)ccc1N. The van der Waals surface area contributed by atoms with Crippen molar-refractivity contribution in [2.75, 3.05) is 51.5 Å². The largest absolute Gasteiger partial charge is 0.397 e. The van der Waals surface area contributed by atoms with Crippen LogP contribution >= 0.6 is 0 Å². The summed E-state index contributed by atoms with van der Waals surface area (Å²) in [5.74, 6) is -0.0240. The lowest BCUT2D eigenvalue weighted by Gasteiger charge is -2.25. The van der Waals surface area contributed by atoms with Crippen LogP contribution in [-0.4, -0.2) is 51.7 Å². The van der Waals surface area contributed by atoms with Gasteiger partial charge < -0.3 is 20.3 Å². The number of nitrogen functional groups attached to an aromatic ring is 1. The fraction of sp³-hybridized carbons (Fsp3) is 0.500. The predicted molar refractivity (Wildman–Crippen MR) is 78.6 cm³/mol. The first-order valence-electron chi connectivity index (χ1n) is 6.36. The number of hydrogen-bond acceptors (Lipinski definition) is 4. The number of rotatable bonds is 6. The van der Waals surface area contributed by atoms with E-state index in [2.05, 4.69) is 11.8 Å². The highest BCUT2D eigenvalue weighted by molar-refractivity contribution is 5.96. The molecule has 0 bridgehead atoms. The number of ether oxygens (including phenoxy) is 1. The monoisotopic (exact) mass is 265 g/mol. The number of anilines is 2. The maximum atomic E-state index is 12.0. The number of carbonyl (C=O) groups excluding carboxylic acids is 1. The summed E-state index contributed by atoms with van der Waals surface area (Å²) in [7, 11) is 5.14. The summed E-state index contributed by atoms with van der Waals surface area (Å²) in [5.41, 5.74) is 8.21. The number of nitrogens with two attached hydrogens (primary N) is 1. The van der Waals surface area contributed by atoms with Crippen molar-refractivity contribution in [3.63, 3.8) is 0 Å². The first-order chi connectivity index (χ1) is 9.01. The molecule has 0 radical (unpaired) electrons.